The third kappa shape index (κ3) is 6.47. The van der Waals surface area contributed by atoms with Crippen molar-refractivity contribution in [2.45, 2.75) is 52.2 Å². The van der Waals surface area contributed by atoms with Gasteiger partial charge in [-0.3, -0.25) is 9.79 Å². The number of aliphatic hydroxyl groups excluding tert-OH is 1. The second kappa shape index (κ2) is 12.4. The first-order valence-corrected chi connectivity index (χ1v) is 11.6. The summed E-state index contributed by atoms with van der Waals surface area (Å²) in [6.45, 7) is 9.26. The Bertz CT molecular complexity index is 939. The molecule has 10 heteroatoms. The van der Waals surface area contributed by atoms with E-state index in [2.05, 4.69) is 50.2 Å². The van der Waals surface area contributed by atoms with E-state index in [-0.39, 0.29) is 11.6 Å². The maximum atomic E-state index is 14.8. The third-order valence-electron chi connectivity index (χ3n) is 5.66. The number of nitrogens with one attached hydrogen (secondary N) is 4. The van der Waals surface area contributed by atoms with Gasteiger partial charge in [-0.1, -0.05) is 6.92 Å². The van der Waals surface area contributed by atoms with Crippen LogP contribution in [-0.4, -0.2) is 79.7 Å². The monoisotopic (exact) mass is 475 g/mol. The average molecular weight is 476 g/mol. The van der Waals surface area contributed by atoms with Crippen molar-refractivity contribution in [1.29, 1.82) is 0 Å². The molecule has 3 atom stereocenters. The van der Waals surface area contributed by atoms with Gasteiger partial charge in [-0.15, -0.1) is 0 Å². The van der Waals surface area contributed by atoms with Crippen LogP contribution in [-0.2, 0) is 4.79 Å². The number of aliphatic imine (C=N–C) groups is 1. The van der Waals surface area contributed by atoms with Crippen molar-refractivity contribution in [3.8, 4) is 0 Å². The molecule has 0 radical (unpaired) electrons. The van der Waals surface area contributed by atoms with Gasteiger partial charge in [0.2, 0.25) is 0 Å². The van der Waals surface area contributed by atoms with Gasteiger partial charge in [0.25, 0.3) is 5.91 Å². The lowest BCUT2D eigenvalue weighted by molar-refractivity contribution is -0.117. The summed E-state index contributed by atoms with van der Waals surface area (Å²) in [5.41, 5.74) is 4.97. The van der Waals surface area contributed by atoms with E-state index >= 15 is 0 Å². The molecule has 188 valence electrons. The molecule has 0 saturated carbocycles. The van der Waals surface area contributed by atoms with Crippen molar-refractivity contribution in [3.63, 3.8) is 0 Å². The van der Waals surface area contributed by atoms with Crippen molar-refractivity contribution in [2.75, 3.05) is 34.2 Å². The van der Waals surface area contributed by atoms with Crippen molar-refractivity contribution in [3.05, 3.63) is 46.8 Å². The van der Waals surface area contributed by atoms with Crippen molar-refractivity contribution < 1.29 is 14.3 Å². The minimum atomic E-state index is -0.889. The molecule has 1 fully saturated rings. The maximum absolute atomic E-state index is 14.8. The second-order valence-corrected chi connectivity index (χ2v) is 8.42. The highest BCUT2D eigenvalue weighted by atomic mass is 19.1. The number of rotatable bonds is 8. The van der Waals surface area contributed by atoms with Crippen LogP contribution in [0.1, 0.15) is 34.1 Å². The number of likely N-dealkylation sites (N-methyl/N-ethyl adjacent to an activating group) is 2. The normalized spacial score (nSPS) is 25.4. The minimum absolute atomic E-state index is 0.104. The number of hydrogen-bond donors (Lipinski definition) is 5. The molecule has 1 unspecified atom stereocenters. The molecule has 1 heterocycles. The van der Waals surface area contributed by atoms with Gasteiger partial charge in [0.05, 0.1) is 11.4 Å². The fourth-order valence-electron chi connectivity index (χ4n) is 4.09. The molecule has 2 aliphatic rings. The van der Waals surface area contributed by atoms with Crippen LogP contribution in [0, 0.1) is 0 Å². The first-order valence-electron chi connectivity index (χ1n) is 11.6. The summed E-state index contributed by atoms with van der Waals surface area (Å²) in [6.07, 6.45) is 5.95. The van der Waals surface area contributed by atoms with Gasteiger partial charge in [-0.25, -0.2) is 4.39 Å². The SMILES string of the molecule is CCC(=N\NC)/C(F)=C(/O)C(C)/N=C1/C=CC(N2C[C@@H](C)N[C@@H](C)C2)=C/C1=C(/NC)C(=O)NC. The Kier molecular flexibility index (Phi) is 9.85. The van der Waals surface area contributed by atoms with E-state index in [4.69, 9.17) is 0 Å². The number of carbonyl (C=O) groups is 1. The van der Waals surface area contributed by atoms with Crippen molar-refractivity contribution >= 4 is 17.3 Å². The Morgan fingerprint density at radius 3 is 2.41 bits per heavy atom. The van der Waals surface area contributed by atoms with Crippen molar-refractivity contribution in [2.24, 2.45) is 10.1 Å². The molecule has 0 bridgehead atoms. The molecular weight excluding hydrogens is 437 g/mol. The predicted octanol–water partition coefficient (Wildman–Crippen LogP) is 1.90. The molecule has 1 aliphatic heterocycles. The molecule has 2 rings (SSSR count). The van der Waals surface area contributed by atoms with Crippen LogP contribution in [0.25, 0.3) is 0 Å². The van der Waals surface area contributed by atoms with Crippen LogP contribution in [0.4, 0.5) is 4.39 Å². The van der Waals surface area contributed by atoms with Crippen LogP contribution in [0.3, 0.4) is 0 Å². The van der Waals surface area contributed by atoms with E-state index in [9.17, 15) is 14.3 Å². The van der Waals surface area contributed by atoms with Crippen LogP contribution in [0.15, 0.2) is 56.9 Å². The smallest absolute Gasteiger partial charge is 0.267 e. The number of halogens is 1. The Hall–Kier alpha value is -3.14. The number of aliphatic hydroxyl groups is 1. The van der Waals surface area contributed by atoms with Gasteiger partial charge in [-0.2, -0.15) is 5.10 Å². The second-order valence-electron chi connectivity index (χ2n) is 8.42. The molecule has 34 heavy (non-hydrogen) atoms. The van der Waals surface area contributed by atoms with Crippen LogP contribution in [0.5, 0.6) is 0 Å². The number of amides is 1. The van der Waals surface area contributed by atoms with Crippen LogP contribution < -0.4 is 21.4 Å². The summed E-state index contributed by atoms with van der Waals surface area (Å²) in [5, 5.41) is 23.5. The standard InChI is InChI=1S/C24H38FN7O2/c1-8-19(31-28-7)21(25)23(33)16(4)30-20-10-9-17(32-12-14(2)29-15(3)13-32)11-18(20)22(26-5)24(34)27-6/h9-11,14-16,26,28-29,33H,8,12-13H2,1-7H3,(H,27,34)/b22-18-,23-21-,30-20-,31-19+/t14-,15+,16?. The molecule has 0 aromatic heterocycles. The Labute approximate surface area is 201 Å². The lowest BCUT2D eigenvalue weighted by atomic mass is 9.98. The van der Waals surface area contributed by atoms with Crippen LogP contribution >= 0.6 is 0 Å². The minimum Gasteiger partial charge on any atom is -0.507 e. The molecule has 0 aromatic rings. The number of allylic oxidation sites excluding steroid dienone is 5. The maximum Gasteiger partial charge on any atom is 0.267 e. The summed E-state index contributed by atoms with van der Waals surface area (Å²) >= 11 is 0. The van der Waals surface area contributed by atoms with E-state index in [0.29, 0.717) is 35.5 Å². The summed E-state index contributed by atoms with van der Waals surface area (Å²) in [5.74, 6) is -1.62. The first-order chi connectivity index (χ1) is 16.2. The number of hydrazone groups is 1. The molecule has 1 aliphatic carbocycles. The molecule has 0 spiro atoms. The van der Waals surface area contributed by atoms with Gasteiger partial charge in [-0.05, 0) is 45.4 Å². The van der Waals surface area contributed by atoms with Gasteiger partial charge < -0.3 is 31.4 Å². The Balaban J connectivity index is 2.53. The largest absolute Gasteiger partial charge is 0.507 e. The van der Waals surface area contributed by atoms with Crippen molar-refractivity contribution in [1.82, 2.24) is 26.3 Å². The molecule has 0 aromatic carbocycles. The third-order valence-corrected chi connectivity index (χ3v) is 5.66. The number of hydrogen-bond acceptors (Lipinski definition) is 8. The van der Waals surface area contributed by atoms with Gasteiger partial charge in [0.1, 0.15) is 11.7 Å². The number of piperazine rings is 1. The van der Waals surface area contributed by atoms with E-state index in [1.165, 1.54) is 0 Å². The Morgan fingerprint density at radius 2 is 1.88 bits per heavy atom. The Morgan fingerprint density at radius 1 is 1.24 bits per heavy atom. The zero-order valence-corrected chi connectivity index (χ0v) is 21.2. The zero-order chi connectivity index (χ0) is 25.4. The highest BCUT2D eigenvalue weighted by Gasteiger charge is 2.26. The van der Waals surface area contributed by atoms with E-state index in [0.717, 1.165) is 18.8 Å². The number of carbonyl (C=O) groups excluding carboxylic acids is 1. The number of nitrogens with zero attached hydrogens (tertiary/aromatic N) is 3. The summed E-state index contributed by atoms with van der Waals surface area (Å²) in [6, 6.07) is -0.249. The van der Waals surface area contributed by atoms with E-state index in [1.807, 2.05) is 12.2 Å². The highest BCUT2D eigenvalue weighted by molar-refractivity contribution is 6.16. The summed E-state index contributed by atoms with van der Waals surface area (Å²) in [4.78, 5) is 19.4. The fraction of sp³-hybridized carbons (Fsp3) is 0.542. The molecular formula is C24H38FN7O2. The molecule has 1 amide bonds. The fourth-order valence-corrected chi connectivity index (χ4v) is 4.09. The van der Waals surface area contributed by atoms with Crippen LogP contribution in [0.2, 0.25) is 0 Å². The lowest BCUT2D eigenvalue weighted by Gasteiger charge is -2.39. The van der Waals surface area contributed by atoms with Gasteiger partial charge in [0.15, 0.2) is 11.6 Å². The summed E-state index contributed by atoms with van der Waals surface area (Å²) in [7, 11) is 4.79. The molecule has 1 saturated heterocycles. The van der Waals surface area contributed by atoms with Gasteiger partial charge in [0, 0.05) is 57.6 Å². The van der Waals surface area contributed by atoms with E-state index in [1.54, 1.807) is 41.1 Å². The first kappa shape index (κ1) is 27.1. The quantitative estimate of drug-likeness (QED) is 0.159. The molecule has 5 N–H and O–H groups in total. The molecule has 9 nitrogen and oxygen atoms in total. The topological polar surface area (TPSA) is 113 Å². The lowest BCUT2D eigenvalue weighted by Crippen LogP contribution is -2.53. The van der Waals surface area contributed by atoms with E-state index < -0.39 is 17.6 Å². The summed E-state index contributed by atoms with van der Waals surface area (Å²) < 4.78 is 14.8. The zero-order valence-electron chi connectivity index (χ0n) is 21.2. The van der Waals surface area contributed by atoms with Gasteiger partial charge >= 0.3 is 0 Å². The average Bonchev–Trinajstić information content (AvgIpc) is 2.82. The predicted molar refractivity (Wildman–Crippen MR) is 135 cm³/mol. The highest BCUT2D eigenvalue weighted by Crippen LogP contribution is 2.24.